The van der Waals surface area contributed by atoms with Crippen LogP contribution in [0.1, 0.15) is 49.8 Å². The number of nitrogens with zero attached hydrogens (tertiary/aromatic N) is 7. The molecule has 0 radical (unpaired) electrons. The molecule has 242 valence electrons. The Morgan fingerprint density at radius 2 is 1.87 bits per heavy atom. The summed E-state index contributed by atoms with van der Waals surface area (Å²) >= 11 is 6.72. The highest BCUT2D eigenvalue weighted by atomic mass is 35.5. The summed E-state index contributed by atoms with van der Waals surface area (Å²) in [6.07, 6.45) is 5.69. The Balaban J connectivity index is 1.19. The van der Waals surface area contributed by atoms with Gasteiger partial charge in [-0.2, -0.15) is 15.2 Å². The molecular formula is C35H41ClFN7O2. The first-order valence-electron chi connectivity index (χ1n) is 16.5. The monoisotopic (exact) mass is 645 g/mol. The number of ether oxygens (including phenoxy) is 1. The molecule has 1 aromatic heterocycles. The normalized spacial score (nSPS) is 23.2. The van der Waals surface area contributed by atoms with E-state index in [2.05, 4.69) is 51.6 Å². The summed E-state index contributed by atoms with van der Waals surface area (Å²) in [7, 11) is 0. The number of anilines is 2. The second-order valence-corrected chi connectivity index (χ2v) is 13.4. The fraction of sp³-hybridized carbons (Fsp3) is 0.514. The van der Waals surface area contributed by atoms with Crippen molar-refractivity contribution in [3.05, 3.63) is 65.1 Å². The number of aliphatic hydroxyl groups is 1. The number of benzene rings is 2. The predicted molar refractivity (Wildman–Crippen MR) is 178 cm³/mol. The molecule has 2 aromatic carbocycles. The number of piperazine rings is 1. The summed E-state index contributed by atoms with van der Waals surface area (Å²) in [6.45, 7) is 7.60. The summed E-state index contributed by atoms with van der Waals surface area (Å²) in [5.41, 5.74) is 3.04. The highest BCUT2D eigenvalue weighted by Gasteiger charge is 2.37. The van der Waals surface area contributed by atoms with Gasteiger partial charge in [-0.15, -0.1) is 0 Å². The van der Waals surface area contributed by atoms with Crippen molar-refractivity contribution in [2.24, 2.45) is 0 Å². The van der Waals surface area contributed by atoms with Gasteiger partial charge in [0, 0.05) is 67.5 Å². The lowest BCUT2D eigenvalue weighted by molar-refractivity contribution is -0.0168. The molecule has 1 aliphatic carbocycles. The molecule has 0 amide bonds. The summed E-state index contributed by atoms with van der Waals surface area (Å²) < 4.78 is 20.4. The summed E-state index contributed by atoms with van der Waals surface area (Å²) in [4.78, 5) is 18.7. The fourth-order valence-electron chi connectivity index (χ4n) is 7.84. The minimum atomic E-state index is -1.44. The first-order valence-corrected chi connectivity index (χ1v) is 16.9. The van der Waals surface area contributed by atoms with Crippen LogP contribution in [0.3, 0.4) is 0 Å². The van der Waals surface area contributed by atoms with Gasteiger partial charge in [0.05, 0.1) is 29.8 Å². The van der Waals surface area contributed by atoms with Crippen molar-refractivity contribution in [2.75, 3.05) is 49.1 Å². The molecule has 0 spiro atoms. The van der Waals surface area contributed by atoms with Crippen LogP contribution in [0.25, 0.3) is 10.8 Å². The Morgan fingerprint density at radius 1 is 1.07 bits per heavy atom. The van der Waals surface area contributed by atoms with Crippen molar-refractivity contribution in [3.8, 4) is 12.1 Å². The number of aromatic nitrogens is 2. The van der Waals surface area contributed by atoms with E-state index in [1.54, 1.807) is 4.90 Å². The van der Waals surface area contributed by atoms with Crippen LogP contribution in [0.5, 0.6) is 6.01 Å². The molecule has 7 rings (SSSR count). The van der Waals surface area contributed by atoms with E-state index in [-0.39, 0.29) is 12.5 Å². The smallest absolute Gasteiger partial charge is 0.318 e. The van der Waals surface area contributed by atoms with Crippen LogP contribution in [0, 0.1) is 11.3 Å². The van der Waals surface area contributed by atoms with E-state index >= 15 is 0 Å². The molecule has 3 atom stereocenters. The van der Waals surface area contributed by atoms with Crippen molar-refractivity contribution >= 4 is 33.9 Å². The van der Waals surface area contributed by atoms with E-state index in [0.717, 1.165) is 64.5 Å². The van der Waals surface area contributed by atoms with Crippen LogP contribution in [-0.2, 0) is 13.0 Å². The minimum Gasteiger partial charge on any atom is -0.462 e. The van der Waals surface area contributed by atoms with Crippen LogP contribution in [-0.4, -0.2) is 88.6 Å². The zero-order chi connectivity index (χ0) is 31.8. The number of nitriles is 1. The van der Waals surface area contributed by atoms with Gasteiger partial charge in [-0.1, -0.05) is 55.3 Å². The Kier molecular flexibility index (Phi) is 9.01. The molecule has 0 bridgehead atoms. The quantitative estimate of drug-likeness (QED) is 0.326. The molecule has 9 nitrogen and oxygen atoms in total. The molecule has 4 heterocycles. The Morgan fingerprint density at radius 3 is 2.61 bits per heavy atom. The molecule has 2 saturated heterocycles. The van der Waals surface area contributed by atoms with Gasteiger partial charge in [0.25, 0.3) is 0 Å². The predicted octanol–water partition coefficient (Wildman–Crippen LogP) is 5.45. The van der Waals surface area contributed by atoms with Crippen molar-refractivity contribution < 1.29 is 14.2 Å². The summed E-state index contributed by atoms with van der Waals surface area (Å²) in [6, 6.07) is 15.5. The lowest BCUT2D eigenvalue weighted by Crippen LogP contribution is -2.57. The number of hydrogen-bond donors (Lipinski definition) is 1. The molecular weight excluding hydrogens is 605 g/mol. The van der Waals surface area contributed by atoms with Gasteiger partial charge < -0.3 is 19.6 Å². The van der Waals surface area contributed by atoms with Crippen LogP contribution >= 0.6 is 11.6 Å². The van der Waals surface area contributed by atoms with Gasteiger partial charge in [0.1, 0.15) is 18.3 Å². The van der Waals surface area contributed by atoms with E-state index in [1.165, 1.54) is 25.7 Å². The first-order chi connectivity index (χ1) is 22.4. The topological polar surface area (TPSA) is 92.0 Å². The highest BCUT2D eigenvalue weighted by Crippen LogP contribution is 2.38. The molecule has 3 fully saturated rings. The lowest BCUT2D eigenvalue weighted by atomic mass is 9.99. The Bertz CT molecular complexity index is 1640. The lowest BCUT2D eigenvalue weighted by Gasteiger charge is -2.45. The van der Waals surface area contributed by atoms with E-state index < -0.39 is 12.1 Å². The van der Waals surface area contributed by atoms with Crippen LogP contribution < -0.4 is 14.5 Å². The molecule has 11 heteroatoms. The SMILES string of the molecule is C=C(F)C(O)N1CCN(c2nc(OCC3CCN3C3CCCC3)nc3c2CCN(c2cccc4cccc(Cl)c24)C3)C[C@@H]1CC#N. The zero-order valence-corrected chi connectivity index (χ0v) is 26.9. The van der Waals surface area contributed by atoms with Gasteiger partial charge in [0.2, 0.25) is 0 Å². The number of aliphatic hydroxyl groups excluding tert-OH is 1. The second kappa shape index (κ2) is 13.3. The van der Waals surface area contributed by atoms with Crippen molar-refractivity contribution in [3.63, 3.8) is 0 Å². The Hall–Kier alpha value is -3.49. The van der Waals surface area contributed by atoms with Gasteiger partial charge >= 0.3 is 6.01 Å². The van der Waals surface area contributed by atoms with E-state index in [0.29, 0.717) is 50.9 Å². The van der Waals surface area contributed by atoms with Gasteiger partial charge in [0.15, 0.2) is 6.23 Å². The average Bonchev–Trinajstić information content (AvgIpc) is 3.57. The molecule has 4 aliphatic rings. The summed E-state index contributed by atoms with van der Waals surface area (Å²) in [5, 5.41) is 22.9. The number of hydrogen-bond acceptors (Lipinski definition) is 9. The highest BCUT2D eigenvalue weighted by molar-refractivity contribution is 6.36. The maximum absolute atomic E-state index is 14.0. The van der Waals surface area contributed by atoms with E-state index in [4.69, 9.17) is 26.3 Å². The van der Waals surface area contributed by atoms with E-state index in [9.17, 15) is 14.8 Å². The molecule has 1 saturated carbocycles. The minimum absolute atomic E-state index is 0.145. The standard InChI is InChI=1S/C35H41ClFN7O2/c1-23(37)34(45)44-19-18-42(20-26(44)12-15-38)33-28-14-16-41(31-11-5-7-24-6-4-10-29(36)32(24)31)21-30(28)39-35(40-33)46-22-27-13-17-43(27)25-8-2-3-9-25/h4-7,10-11,25-27,34,45H,1-3,8-9,12-14,16-22H2/t26-,27?,34?/m0/s1. The zero-order valence-electron chi connectivity index (χ0n) is 26.1. The van der Waals surface area contributed by atoms with Crippen molar-refractivity contribution in [1.82, 2.24) is 19.8 Å². The molecule has 2 unspecified atom stereocenters. The van der Waals surface area contributed by atoms with E-state index in [1.807, 2.05) is 12.1 Å². The summed E-state index contributed by atoms with van der Waals surface area (Å²) in [5.74, 6) is -0.0178. The molecule has 1 N–H and O–H groups in total. The number of halogens is 2. The Labute approximate surface area is 274 Å². The third kappa shape index (κ3) is 6.02. The van der Waals surface area contributed by atoms with Gasteiger partial charge in [-0.05, 0) is 43.2 Å². The maximum Gasteiger partial charge on any atom is 0.318 e. The molecule has 3 aliphatic heterocycles. The maximum atomic E-state index is 14.0. The van der Waals surface area contributed by atoms with Crippen molar-refractivity contribution in [1.29, 1.82) is 5.26 Å². The second-order valence-electron chi connectivity index (χ2n) is 13.0. The largest absolute Gasteiger partial charge is 0.462 e. The fourth-order valence-corrected chi connectivity index (χ4v) is 8.12. The van der Waals surface area contributed by atoms with Crippen molar-refractivity contribution in [2.45, 2.75) is 75.8 Å². The number of fused-ring (bicyclic) bond motifs is 2. The van der Waals surface area contributed by atoms with Crippen LogP contribution in [0.15, 0.2) is 48.8 Å². The average molecular weight is 646 g/mol. The molecule has 46 heavy (non-hydrogen) atoms. The van der Waals surface area contributed by atoms with Crippen LogP contribution in [0.4, 0.5) is 15.9 Å². The third-order valence-electron chi connectivity index (χ3n) is 10.3. The van der Waals surface area contributed by atoms with Gasteiger partial charge in [-0.3, -0.25) is 9.80 Å². The first kappa shape index (κ1) is 31.1. The molecule has 3 aromatic rings. The number of likely N-dealkylation sites (tertiary alicyclic amines) is 1. The van der Waals surface area contributed by atoms with Crippen LogP contribution in [0.2, 0.25) is 5.02 Å². The van der Waals surface area contributed by atoms with Gasteiger partial charge in [-0.25, -0.2) is 4.39 Å². The number of rotatable bonds is 9. The third-order valence-corrected chi connectivity index (χ3v) is 10.6.